The zero-order chi connectivity index (χ0) is 13.8. The van der Waals surface area contributed by atoms with Crippen LogP contribution in [0.1, 0.15) is 31.3 Å². The van der Waals surface area contributed by atoms with Crippen molar-refractivity contribution in [2.45, 2.75) is 26.4 Å². The summed E-state index contributed by atoms with van der Waals surface area (Å²) >= 11 is 0. The highest BCUT2D eigenvalue weighted by atomic mass is 16.4. The first-order valence-electron chi connectivity index (χ1n) is 6.42. The lowest BCUT2D eigenvalue weighted by Crippen LogP contribution is -2.17. The first-order valence-corrected chi connectivity index (χ1v) is 6.42. The smallest absolute Gasteiger partial charge is 0.318 e. The maximum absolute atomic E-state index is 5.99. The summed E-state index contributed by atoms with van der Waals surface area (Å²) in [5.41, 5.74) is 7.18. The molecule has 0 spiro atoms. The molecule has 0 saturated carbocycles. The Bertz CT molecular complexity index is 509. The molecule has 0 radical (unpaired) electrons. The van der Waals surface area contributed by atoms with Gasteiger partial charge in [0.05, 0.1) is 6.04 Å². The van der Waals surface area contributed by atoms with Crippen LogP contribution in [0.2, 0.25) is 0 Å². The quantitative estimate of drug-likeness (QED) is 0.893. The fourth-order valence-electron chi connectivity index (χ4n) is 1.73. The van der Waals surface area contributed by atoms with Crippen LogP contribution in [0.15, 0.2) is 34.7 Å². The van der Waals surface area contributed by atoms with E-state index in [4.69, 9.17) is 10.2 Å². The lowest BCUT2D eigenvalue weighted by Gasteiger charge is -2.14. The van der Waals surface area contributed by atoms with E-state index in [-0.39, 0.29) is 12.0 Å². The van der Waals surface area contributed by atoms with Crippen molar-refractivity contribution in [1.29, 1.82) is 0 Å². The fraction of sp³-hybridized carbons (Fsp3) is 0.429. The van der Waals surface area contributed by atoms with Crippen molar-refractivity contribution in [1.82, 2.24) is 10.2 Å². The molecule has 1 aromatic heterocycles. The van der Waals surface area contributed by atoms with Gasteiger partial charge in [0, 0.05) is 13.6 Å². The highest BCUT2D eigenvalue weighted by Crippen LogP contribution is 2.21. The number of benzene rings is 1. The minimum absolute atomic E-state index is 0.216. The molecule has 2 aromatic rings. The summed E-state index contributed by atoms with van der Waals surface area (Å²) in [7, 11) is 1.92. The molecule has 1 atom stereocenters. The van der Waals surface area contributed by atoms with Gasteiger partial charge < -0.3 is 15.1 Å². The standard InChI is InChI=1S/C14H20N4O/c1-10(2)12(15)13-16-17-14(19-13)18(3)9-11-7-5-4-6-8-11/h4-8,10,12H,9,15H2,1-3H3. The largest absolute Gasteiger partial charge is 0.406 e. The first kappa shape index (κ1) is 13.5. The van der Waals surface area contributed by atoms with Crippen LogP contribution in [0.5, 0.6) is 0 Å². The van der Waals surface area contributed by atoms with Crippen molar-refractivity contribution in [3.8, 4) is 0 Å². The molecule has 2 rings (SSSR count). The van der Waals surface area contributed by atoms with Crippen molar-refractivity contribution in [2.24, 2.45) is 11.7 Å². The predicted molar refractivity (Wildman–Crippen MR) is 74.6 cm³/mol. The molecule has 0 fully saturated rings. The molecule has 1 heterocycles. The Labute approximate surface area is 113 Å². The van der Waals surface area contributed by atoms with Crippen LogP contribution in [0, 0.1) is 5.92 Å². The molecule has 0 aliphatic heterocycles. The van der Waals surface area contributed by atoms with Gasteiger partial charge in [0.25, 0.3) is 0 Å². The van der Waals surface area contributed by atoms with E-state index in [2.05, 4.69) is 22.3 Å². The van der Waals surface area contributed by atoms with E-state index < -0.39 is 0 Å². The number of rotatable bonds is 5. The van der Waals surface area contributed by atoms with Crippen LogP contribution in [0.3, 0.4) is 0 Å². The minimum atomic E-state index is -0.216. The Hall–Kier alpha value is -1.88. The molecule has 0 aliphatic rings. The van der Waals surface area contributed by atoms with Gasteiger partial charge in [-0.2, -0.15) is 0 Å². The second kappa shape index (κ2) is 5.84. The van der Waals surface area contributed by atoms with E-state index in [0.29, 0.717) is 11.9 Å². The SMILES string of the molecule is CC(C)C(N)c1nnc(N(C)Cc2ccccc2)o1. The predicted octanol–water partition coefficient (Wildman–Crippen LogP) is 2.36. The maximum atomic E-state index is 5.99. The van der Waals surface area contributed by atoms with Gasteiger partial charge in [0.1, 0.15) is 0 Å². The second-order valence-corrected chi connectivity index (χ2v) is 5.03. The third-order valence-electron chi connectivity index (χ3n) is 3.02. The Balaban J connectivity index is 2.06. The highest BCUT2D eigenvalue weighted by molar-refractivity contribution is 5.27. The van der Waals surface area contributed by atoms with Gasteiger partial charge in [-0.3, -0.25) is 0 Å². The van der Waals surface area contributed by atoms with E-state index in [1.807, 2.05) is 44.0 Å². The van der Waals surface area contributed by atoms with Crippen LogP contribution in [-0.2, 0) is 6.54 Å². The van der Waals surface area contributed by atoms with Crippen molar-refractivity contribution < 1.29 is 4.42 Å². The lowest BCUT2D eigenvalue weighted by atomic mass is 10.1. The molecule has 19 heavy (non-hydrogen) atoms. The number of anilines is 1. The van der Waals surface area contributed by atoms with Crippen LogP contribution in [0.25, 0.3) is 0 Å². The van der Waals surface area contributed by atoms with Crippen LogP contribution in [0.4, 0.5) is 6.01 Å². The second-order valence-electron chi connectivity index (χ2n) is 5.03. The van der Waals surface area contributed by atoms with E-state index in [0.717, 1.165) is 6.54 Å². The van der Waals surface area contributed by atoms with Gasteiger partial charge >= 0.3 is 6.01 Å². The number of hydrogen-bond donors (Lipinski definition) is 1. The fourth-order valence-corrected chi connectivity index (χ4v) is 1.73. The van der Waals surface area contributed by atoms with Crippen molar-refractivity contribution in [2.75, 3.05) is 11.9 Å². The number of nitrogens with zero attached hydrogens (tertiary/aromatic N) is 3. The van der Waals surface area contributed by atoms with Gasteiger partial charge in [-0.1, -0.05) is 49.3 Å². The molecule has 0 aliphatic carbocycles. The molecule has 102 valence electrons. The lowest BCUT2D eigenvalue weighted by molar-refractivity contribution is 0.389. The average Bonchev–Trinajstić information content (AvgIpc) is 2.88. The summed E-state index contributed by atoms with van der Waals surface area (Å²) in [5, 5.41) is 8.06. The Morgan fingerprint density at radius 3 is 2.53 bits per heavy atom. The Morgan fingerprint density at radius 1 is 1.21 bits per heavy atom. The molecule has 0 bridgehead atoms. The van der Waals surface area contributed by atoms with E-state index in [1.165, 1.54) is 5.56 Å². The summed E-state index contributed by atoms with van der Waals surface area (Å²) in [4.78, 5) is 1.92. The van der Waals surface area contributed by atoms with E-state index >= 15 is 0 Å². The van der Waals surface area contributed by atoms with Crippen LogP contribution in [-0.4, -0.2) is 17.2 Å². The van der Waals surface area contributed by atoms with E-state index in [1.54, 1.807) is 0 Å². The van der Waals surface area contributed by atoms with Crippen molar-refractivity contribution in [3.05, 3.63) is 41.8 Å². The summed E-state index contributed by atoms with van der Waals surface area (Å²) in [6.45, 7) is 4.78. The van der Waals surface area contributed by atoms with Gasteiger partial charge in [-0.05, 0) is 11.5 Å². The molecule has 0 amide bonds. The van der Waals surface area contributed by atoms with Gasteiger partial charge in [-0.15, -0.1) is 5.10 Å². The minimum Gasteiger partial charge on any atom is -0.406 e. The molecular formula is C14H20N4O. The maximum Gasteiger partial charge on any atom is 0.318 e. The summed E-state index contributed by atoms with van der Waals surface area (Å²) in [5.74, 6) is 0.762. The Morgan fingerprint density at radius 2 is 1.89 bits per heavy atom. The van der Waals surface area contributed by atoms with Crippen LogP contribution >= 0.6 is 0 Å². The average molecular weight is 260 g/mol. The zero-order valence-corrected chi connectivity index (χ0v) is 11.6. The number of aromatic nitrogens is 2. The van der Waals surface area contributed by atoms with Crippen molar-refractivity contribution in [3.63, 3.8) is 0 Å². The number of hydrogen-bond acceptors (Lipinski definition) is 5. The summed E-state index contributed by atoms with van der Waals surface area (Å²) < 4.78 is 5.62. The van der Waals surface area contributed by atoms with Gasteiger partial charge in [0.15, 0.2) is 0 Å². The summed E-state index contributed by atoms with van der Waals surface area (Å²) in [6.07, 6.45) is 0. The highest BCUT2D eigenvalue weighted by Gasteiger charge is 2.19. The topological polar surface area (TPSA) is 68.2 Å². The normalized spacial score (nSPS) is 12.7. The molecule has 1 aromatic carbocycles. The monoisotopic (exact) mass is 260 g/mol. The summed E-state index contributed by atoms with van der Waals surface area (Å²) in [6, 6.07) is 10.4. The van der Waals surface area contributed by atoms with Crippen molar-refractivity contribution >= 4 is 6.01 Å². The molecular weight excluding hydrogens is 240 g/mol. The molecule has 0 saturated heterocycles. The first-order chi connectivity index (χ1) is 9.08. The third kappa shape index (κ3) is 3.32. The van der Waals surface area contributed by atoms with Gasteiger partial charge in [-0.25, -0.2) is 0 Å². The third-order valence-corrected chi connectivity index (χ3v) is 3.02. The van der Waals surface area contributed by atoms with Crippen LogP contribution < -0.4 is 10.6 Å². The molecule has 1 unspecified atom stereocenters. The molecule has 2 N–H and O–H groups in total. The Kier molecular flexibility index (Phi) is 4.16. The number of nitrogens with two attached hydrogens (primary N) is 1. The molecule has 5 nitrogen and oxygen atoms in total. The molecule has 5 heteroatoms. The van der Waals surface area contributed by atoms with Gasteiger partial charge in [0.2, 0.25) is 5.89 Å². The van der Waals surface area contributed by atoms with E-state index in [9.17, 15) is 0 Å². The zero-order valence-electron chi connectivity index (χ0n) is 11.6.